The molecule has 0 saturated carbocycles. The summed E-state index contributed by atoms with van der Waals surface area (Å²) in [4.78, 5) is 30.2. The first-order chi connectivity index (χ1) is 14.9. The maximum atomic E-state index is 13.0. The predicted molar refractivity (Wildman–Crippen MR) is 102 cm³/mol. The number of hydrogen-bond acceptors (Lipinski definition) is 3. The zero-order valence-corrected chi connectivity index (χ0v) is 16.6. The maximum absolute atomic E-state index is 13.0. The molecule has 0 atom stereocenters. The number of aromatic nitrogens is 1. The summed E-state index contributed by atoms with van der Waals surface area (Å²) in [6.45, 7) is 0.900. The Morgan fingerprint density at radius 1 is 0.969 bits per heavy atom. The van der Waals surface area contributed by atoms with E-state index in [2.05, 4.69) is 10.3 Å². The van der Waals surface area contributed by atoms with Crippen LogP contribution in [0.5, 0.6) is 0 Å². The molecule has 172 valence electrons. The molecule has 1 N–H and O–H groups in total. The Labute approximate surface area is 179 Å². The Kier molecular flexibility index (Phi) is 6.75. The lowest BCUT2D eigenvalue weighted by Gasteiger charge is -2.32. The Hall–Kier alpha value is -3.11. The molecule has 1 aliphatic rings. The van der Waals surface area contributed by atoms with Gasteiger partial charge in [0.1, 0.15) is 0 Å². The smallest absolute Gasteiger partial charge is 0.352 e. The van der Waals surface area contributed by atoms with Crippen molar-refractivity contribution in [1.29, 1.82) is 0 Å². The number of nitrogens with zero attached hydrogens (tertiary/aromatic N) is 2. The standard InChI is InChI=1S/C21H19F6N3O2/c22-20(23,24)16-8-15(9-17(10-16)21(25,26)27)18(31)29-11-13-3-6-30(7-4-13)19(32)14-2-1-5-28-12-14/h1-2,5,8-10,12-13H,3-4,6-7,11H2,(H,29,31). The van der Waals surface area contributed by atoms with Gasteiger partial charge in [-0.1, -0.05) is 0 Å². The number of benzene rings is 1. The van der Waals surface area contributed by atoms with E-state index in [1.165, 1.54) is 6.20 Å². The largest absolute Gasteiger partial charge is 0.416 e. The fourth-order valence-electron chi connectivity index (χ4n) is 3.44. The highest BCUT2D eigenvalue weighted by atomic mass is 19.4. The molecule has 3 rings (SSSR count). The van der Waals surface area contributed by atoms with E-state index >= 15 is 0 Å². The van der Waals surface area contributed by atoms with E-state index < -0.39 is 35.0 Å². The molecule has 1 saturated heterocycles. The molecule has 2 heterocycles. The maximum Gasteiger partial charge on any atom is 0.416 e. The minimum atomic E-state index is -5.02. The van der Waals surface area contributed by atoms with Crippen molar-refractivity contribution in [2.24, 2.45) is 5.92 Å². The van der Waals surface area contributed by atoms with Crippen molar-refractivity contribution in [2.75, 3.05) is 19.6 Å². The van der Waals surface area contributed by atoms with Crippen LogP contribution in [0.4, 0.5) is 26.3 Å². The second-order valence-corrected chi connectivity index (χ2v) is 7.48. The average Bonchev–Trinajstić information content (AvgIpc) is 2.76. The van der Waals surface area contributed by atoms with Gasteiger partial charge in [0, 0.05) is 37.6 Å². The molecule has 1 aromatic carbocycles. The van der Waals surface area contributed by atoms with E-state index in [-0.39, 0.29) is 24.4 Å². The number of carbonyl (C=O) groups excluding carboxylic acids is 2. The first-order valence-electron chi connectivity index (χ1n) is 9.72. The Morgan fingerprint density at radius 3 is 2.06 bits per heavy atom. The highest BCUT2D eigenvalue weighted by Crippen LogP contribution is 2.36. The van der Waals surface area contributed by atoms with E-state index in [0.717, 1.165) is 0 Å². The summed E-state index contributed by atoms with van der Waals surface area (Å²) in [6, 6.07) is 4.07. The lowest BCUT2D eigenvalue weighted by atomic mass is 9.96. The highest BCUT2D eigenvalue weighted by molar-refractivity contribution is 5.95. The summed E-state index contributed by atoms with van der Waals surface area (Å²) < 4.78 is 77.8. The van der Waals surface area contributed by atoms with Gasteiger partial charge in [0.25, 0.3) is 11.8 Å². The molecule has 1 fully saturated rings. The highest BCUT2D eigenvalue weighted by Gasteiger charge is 2.37. The van der Waals surface area contributed by atoms with Gasteiger partial charge in [0.05, 0.1) is 16.7 Å². The number of nitrogens with one attached hydrogen (secondary N) is 1. The average molecular weight is 459 g/mol. The molecule has 0 radical (unpaired) electrons. The van der Waals surface area contributed by atoms with Crippen LogP contribution in [-0.4, -0.2) is 41.3 Å². The zero-order chi connectivity index (χ0) is 23.5. The van der Waals surface area contributed by atoms with E-state index in [1.54, 1.807) is 23.2 Å². The Balaban J connectivity index is 1.60. The number of piperidine rings is 1. The van der Waals surface area contributed by atoms with Crippen molar-refractivity contribution in [3.63, 3.8) is 0 Å². The molecule has 2 aromatic rings. The third-order valence-corrected chi connectivity index (χ3v) is 5.21. The van der Waals surface area contributed by atoms with Crippen LogP contribution in [-0.2, 0) is 12.4 Å². The van der Waals surface area contributed by atoms with Gasteiger partial charge in [-0.2, -0.15) is 26.3 Å². The van der Waals surface area contributed by atoms with E-state index in [4.69, 9.17) is 0 Å². The van der Waals surface area contributed by atoms with Crippen LogP contribution < -0.4 is 5.32 Å². The number of hydrogen-bond donors (Lipinski definition) is 1. The van der Waals surface area contributed by atoms with Crippen LogP contribution in [0.1, 0.15) is 44.7 Å². The van der Waals surface area contributed by atoms with E-state index in [0.29, 0.717) is 43.6 Å². The molecular weight excluding hydrogens is 440 g/mol. The van der Waals surface area contributed by atoms with Crippen LogP contribution in [0.25, 0.3) is 0 Å². The molecule has 1 aromatic heterocycles. The van der Waals surface area contributed by atoms with Crippen molar-refractivity contribution in [3.8, 4) is 0 Å². The summed E-state index contributed by atoms with van der Waals surface area (Å²) >= 11 is 0. The quantitative estimate of drug-likeness (QED) is 0.690. The first-order valence-corrected chi connectivity index (χ1v) is 9.72. The molecule has 5 nitrogen and oxygen atoms in total. The van der Waals surface area contributed by atoms with Crippen molar-refractivity contribution in [1.82, 2.24) is 15.2 Å². The monoisotopic (exact) mass is 459 g/mol. The number of alkyl halides is 6. The van der Waals surface area contributed by atoms with E-state index in [9.17, 15) is 35.9 Å². The van der Waals surface area contributed by atoms with Crippen LogP contribution in [0.2, 0.25) is 0 Å². The normalized spacial score (nSPS) is 15.5. The lowest BCUT2D eigenvalue weighted by Crippen LogP contribution is -2.41. The van der Waals surface area contributed by atoms with E-state index in [1.807, 2.05) is 0 Å². The van der Waals surface area contributed by atoms with Crippen molar-refractivity contribution in [3.05, 3.63) is 65.0 Å². The summed E-state index contributed by atoms with van der Waals surface area (Å²) in [6.07, 6.45) is -5.98. The van der Waals surface area contributed by atoms with Gasteiger partial charge in [-0.05, 0) is 49.1 Å². The third-order valence-electron chi connectivity index (χ3n) is 5.21. The van der Waals surface area contributed by atoms with Gasteiger partial charge in [-0.15, -0.1) is 0 Å². The molecule has 0 bridgehead atoms. The molecule has 0 aliphatic carbocycles. The van der Waals surface area contributed by atoms with Crippen LogP contribution in [0, 0.1) is 5.92 Å². The number of carbonyl (C=O) groups is 2. The summed E-state index contributed by atoms with van der Waals surface area (Å²) in [7, 11) is 0. The molecular formula is C21H19F6N3O2. The van der Waals surface area contributed by atoms with Gasteiger partial charge in [-0.25, -0.2) is 0 Å². The number of likely N-dealkylation sites (tertiary alicyclic amines) is 1. The summed E-state index contributed by atoms with van der Waals surface area (Å²) in [5, 5.41) is 2.41. The molecule has 0 unspecified atom stereocenters. The number of pyridine rings is 1. The lowest BCUT2D eigenvalue weighted by molar-refractivity contribution is -0.143. The fraction of sp³-hybridized carbons (Fsp3) is 0.381. The van der Waals surface area contributed by atoms with Crippen molar-refractivity contribution < 1.29 is 35.9 Å². The number of halogens is 6. The third kappa shape index (κ3) is 5.77. The molecule has 2 amide bonds. The second kappa shape index (κ2) is 9.17. The van der Waals surface area contributed by atoms with Crippen molar-refractivity contribution in [2.45, 2.75) is 25.2 Å². The Bertz CT molecular complexity index is 935. The van der Waals surface area contributed by atoms with Crippen LogP contribution in [0.3, 0.4) is 0 Å². The van der Waals surface area contributed by atoms with Gasteiger partial charge in [-0.3, -0.25) is 14.6 Å². The molecule has 32 heavy (non-hydrogen) atoms. The number of amides is 2. The van der Waals surface area contributed by atoms with Gasteiger partial charge in [0.15, 0.2) is 0 Å². The topological polar surface area (TPSA) is 62.3 Å². The van der Waals surface area contributed by atoms with Crippen molar-refractivity contribution >= 4 is 11.8 Å². The SMILES string of the molecule is O=C(NCC1CCN(C(=O)c2cccnc2)CC1)c1cc(C(F)(F)F)cc(C(F)(F)F)c1. The fourth-order valence-corrected chi connectivity index (χ4v) is 3.44. The van der Waals surface area contributed by atoms with Gasteiger partial charge >= 0.3 is 12.4 Å². The van der Waals surface area contributed by atoms with Crippen LogP contribution >= 0.6 is 0 Å². The minimum Gasteiger partial charge on any atom is -0.352 e. The second-order valence-electron chi connectivity index (χ2n) is 7.48. The summed E-state index contributed by atoms with van der Waals surface area (Å²) in [5.74, 6) is -1.26. The van der Waals surface area contributed by atoms with Gasteiger partial charge < -0.3 is 10.2 Å². The molecule has 1 aliphatic heterocycles. The summed E-state index contributed by atoms with van der Waals surface area (Å²) in [5.41, 5.74) is -3.35. The first kappa shape index (κ1) is 23.6. The zero-order valence-electron chi connectivity index (χ0n) is 16.6. The number of rotatable bonds is 4. The predicted octanol–water partition coefficient (Wildman–Crippen LogP) is 4.40. The Morgan fingerprint density at radius 2 is 1.56 bits per heavy atom. The molecule has 0 spiro atoms. The molecule has 11 heteroatoms. The minimum absolute atomic E-state index is 0.0221. The van der Waals surface area contributed by atoms with Crippen LogP contribution in [0.15, 0.2) is 42.7 Å². The van der Waals surface area contributed by atoms with Gasteiger partial charge in [0.2, 0.25) is 0 Å².